The number of aliphatic imine (C=N–C) groups is 1. The van der Waals surface area contributed by atoms with E-state index in [9.17, 15) is 0 Å². The standard InChI is InChI=1S/C22H36N4O2/c1-23-21(25-18-22(11-14-27-2)9-5-6-10-22)24-17-19-7-3-4-8-20(19)26-12-15-28-16-13-26/h3-4,7-8H,5-6,9-18H2,1-2H3,(H2,23,24,25). The van der Waals surface area contributed by atoms with E-state index >= 15 is 0 Å². The Hall–Kier alpha value is -1.79. The zero-order chi connectivity index (χ0) is 19.7. The van der Waals surface area contributed by atoms with Crippen molar-refractivity contribution >= 4 is 11.6 Å². The minimum atomic E-state index is 0.347. The lowest BCUT2D eigenvalue weighted by molar-refractivity contribution is 0.122. The average Bonchev–Trinajstić information content (AvgIpc) is 3.22. The Kier molecular flexibility index (Phi) is 7.98. The molecule has 1 saturated heterocycles. The second kappa shape index (κ2) is 10.7. The third kappa shape index (κ3) is 5.61. The maximum Gasteiger partial charge on any atom is 0.191 e. The lowest BCUT2D eigenvalue weighted by Crippen LogP contribution is -2.43. The Labute approximate surface area is 169 Å². The molecule has 1 aliphatic heterocycles. The van der Waals surface area contributed by atoms with E-state index in [2.05, 4.69) is 44.8 Å². The highest BCUT2D eigenvalue weighted by atomic mass is 16.5. The molecule has 1 saturated carbocycles. The second-order valence-corrected chi connectivity index (χ2v) is 7.96. The number of ether oxygens (including phenoxy) is 2. The zero-order valence-corrected chi connectivity index (χ0v) is 17.5. The Morgan fingerprint density at radius 1 is 1.18 bits per heavy atom. The molecule has 0 spiro atoms. The van der Waals surface area contributed by atoms with E-state index in [0.717, 1.165) is 58.4 Å². The topological polar surface area (TPSA) is 58.1 Å². The summed E-state index contributed by atoms with van der Waals surface area (Å²) >= 11 is 0. The molecule has 0 aromatic heterocycles. The summed E-state index contributed by atoms with van der Waals surface area (Å²) in [5.41, 5.74) is 2.93. The van der Waals surface area contributed by atoms with Crippen LogP contribution in [0, 0.1) is 5.41 Å². The Bertz CT molecular complexity index is 623. The Morgan fingerprint density at radius 3 is 2.64 bits per heavy atom. The molecule has 6 heteroatoms. The molecule has 2 aliphatic rings. The van der Waals surface area contributed by atoms with Gasteiger partial charge in [-0.1, -0.05) is 31.0 Å². The third-order valence-corrected chi connectivity index (χ3v) is 6.14. The maximum atomic E-state index is 5.50. The van der Waals surface area contributed by atoms with Crippen LogP contribution in [0.5, 0.6) is 0 Å². The van der Waals surface area contributed by atoms with Crippen LogP contribution in [0.4, 0.5) is 5.69 Å². The van der Waals surface area contributed by atoms with E-state index in [-0.39, 0.29) is 0 Å². The molecular weight excluding hydrogens is 352 g/mol. The molecule has 28 heavy (non-hydrogen) atoms. The maximum absolute atomic E-state index is 5.50. The average molecular weight is 389 g/mol. The number of para-hydroxylation sites is 1. The summed E-state index contributed by atoms with van der Waals surface area (Å²) in [5.74, 6) is 0.875. The molecule has 2 N–H and O–H groups in total. The summed E-state index contributed by atoms with van der Waals surface area (Å²) in [5, 5.41) is 7.09. The predicted molar refractivity (Wildman–Crippen MR) is 115 cm³/mol. The van der Waals surface area contributed by atoms with Crippen molar-refractivity contribution in [2.75, 3.05) is 58.5 Å². The minimum Gasteiger partial charge on any atom is -0.385 e. The fraction of sp³-hybridized carbons (Fsp3) is 0.682. The minimum absolute atomic E-state index is 0.347. The summed E-state index contributed by atoms with van der Waals surface area (Å²) in [6.07, 6.45) is 6.32. The molecule has 0 radical (unpaired) electrons. The first kappa shape index (κ1) is 20.9. The molecule has 3 rings (SSSR count). The number of hydrogen-bond acceptors (Lipinski definition) is 4. The van der Waals surface area contributed by atoms with Gasteiger partial charge >= 0.3 is 0 Å². The van der Waals surface area contributed by atoms with Crippen molar-refractivity contribution in [3.63, 3.8) is 0 Å². The van der Waals surface area contributed by atoms with Crippen LogP contribution in [0.3, 0.4) is 0 Å². The monoisotopic (exact) mass is 388 g/mol. The van der Waals surface area contributed by atoms with Crippen molar-refractivity contribution in [1.29, 1.82) is 0 Å². The van der Waals surface area contributed by atoms with Crippen LogP contribution < -0.4 is 15.5 Å². The zero-order valence-electron chi connectivity index (χ0n) is 17.5. The molecule has 1 aliphatic carbocycles. The summed E-state index contributed by atoms with van der Waals surface area (Å²) < 4.78 is 10.9. The van der Waals surface area contributed by atoms with Gasteiger partial charge in [-0.3, -0.25) is 4.99 Å². The number of anilines is 1. The van der Waals surface area contributed by atoms with E-state index < -0.39 is 0 Å². The van der Waals surface area contributed by atoms with Gasteiger partial charge in [0.25, 0.3) is 0 Å². The summed E-state index contributed by atoms with van der Waals surface area (Å²) in [6, 6.07) is 8.62. The number of hydrogen-bond donors (Lipinski definition) is 2. The van der Waals surface area contributed by atoms with Gasteiger partial charge in [0.15, 0.2) is 5.96 Å². The van der Waals surface area contributed by atoms with Crippen LogP contribution in [0.1, 0.15) is 37.7 Å². The van der Waals surface area contributed by atoms with E-state index in [1.165, 1.54) is 36.9 Å². The molecule has 0 unspecified atom stereocenters. The molecule has 1 aromatic rings. The van der Waals surface area contributed by atoms with Crippen molar-refractivity contribution in [2.24, 2.45) is 10.4 Å². The van der Waals surface area contributed by atoms with E-state index in [1.54, 1.807) is 7.11 Å². The first-order valence-corrected chi connectivity index (χ1v) is 10.6. The van der Waals surface area contributed by atoms with Crippen molar-refractivity contribution in [3.8, 4) is 0 Å². The molecule has 0 atom stereocenters. The Morgan fingerprint density at radius 2 is 1.93 bits per heavy atom. The highest BCUT2D eigenvalue weighted by molar-refractivity contribution is 5.79. The molecule has 1 aromatic carbocycles. The number of nitrogens with one attached hydrogen (secondary N) is 2. The van der Waals surface area contributed by atoms with Gasteiger partial charge in [0.1, 0.15) is 0 Å². The van der Waals surface area contributed by atoms with Gasteiger partial charge in [-0.05, 0) is 36.3 Å². The summed E-state index contributed by atoms with van der Waals surface area (Å²) in [7, 11) is 3.64. The second-order valence-electron chi connectivity index (χ2n) is 7.96. The number of guanidine groups is 1. The third-order valence-electron chi connectivity index (χ3n) is 6.14. The quantitative estimate of drug-likeness (QED) is 0.530. The summed E-state index contributed by atoms with van der Waals surface area (Å²) in [4.78, 5) is 6.86. The first-order chi connectivity index (χ1) is 13.8. The smallest absolute Gasteiger partial charge is 0.191 e. The lowest BCUT2D eigenvalue weighted by atomic mass is 9.83. The van der Waals surface area contributed by atoms with Gasteiger partial charge in [-0.15, -0.1) is 0 Å². The molecule has 6 nitrogen and oxygen atoms in total. The fourth-order valence-corrected chi connectivity index (χ4v) is 4.40. The summed E-state index contributed by atoms with van der Waals surface area (Å²) in [6.45, 7) is 6.06. The van der Waals surface area contributed by atoms with Crippen LogP contribution >= 0.6 is 0 Å². The van der Waals surface area contributed by atoms with Crippen LogP contribution in [-0.4, -0.2) is 59.6 Å². The number of morpholine rings is 1. The van der Waals surface area contributed by atoms with Gasteiger partial charge in [0, 0.05) is 52.6 Å². The number of rotatable bonds is 8. The highest BCUT2D eigenvalue weighted by Gasteiger charge is 2.33. The molecule has 1 heterocycles. The van der Waals surface area contributed by atoms with Gasteiger partial charge in [-0.25, -0.2) is 0 Å². The van der Waals surface area contributed by atoms with Crippen molar-refractivity contribution in [2.45, 2.75) is 38.6 Å². The fourth-order valence-electron chi connectivity index (χ4n) is 4.40. The van der Waals surface area contributed by atoms with Crippen LogP contribution in [0.25, 0.3) is 0 Å². The van der Waals surface area contributed by atoms with Gasteiger partial charge in [0.2, 0.25) is 0 Å². The molecule has 0 bridgehead atoms. The van der Waals surface area contributed by atoms with Gasteiger partial charge in [0.05, 0.1) is 13.2 Å². The molecule has 0 amide bonds. The van der Waals surface area contributed by atoms with Crippen molar-refractivity contribution in [1.82, 2.24) is 10.6 Å². The number of benzene rings is 1. The highest BCUT2D eigenvalue weighted by Crippen LogP contribution is 2.40. The normalized spacial score (nSPS) is 19.6. The van der Waals surface area contributed by atoms with E-state index in [4.69, 9.17) is 9.47 Å². The lowest BCUT2D eigenvalue weighted by Gasteiger charge is -2.31. The van der Waals surface area contributed by atoms with Crippen molar-refractivity contribution < 1.29 is 9.47 Å². The van der Waals surface area contributed by atoms with Gasteiger partial charge < -0.3 is 25.0 Å². The van der Waals surface area contributed by atoms with Crippen molar-refractivity contribution in [3.05, 3.63) is 29.8 Å². The molecular formula is C22H36N4O2. The van der Waals surface area contributed by atoms with E-state index in [1.807, 2.05) is 7.05 Å². The SMILES string of the molecule is CN=C(NCc1ccccc1N1CCOCC1)NCC1(CCOC)CCCC1. The molecule has 2 fully saturated rings. The Balaban J connectivity index is 1.56. The van der Waals surface area contributed by atoms with Crippen LogP contribution in [0.15, 0.2) is 29.3 Å². The van der Waals surface area contributed by atoms with E-state index in [0.29, 0.717) is 5.41 Å². The molecule has 156 valence electrons. The van der Waals surface area contributed by atoms with Crippen LogP contribution in [0.2, 0.25) is 0 Å². The largest absolute Gasteiger partial charge is 0.385 e. The predicted octanol–water partition coefficient (Wildman–Crippen LogP) is 2.79. The number of methoxy groups -OCH3 is 1. The first-order valence-electron chi connectivity index (χ1n) is 10.6. The number of nitrogens with zero attached hydrogens (tertiary/aromatic N) is 2. The van der Waals surface area contributed by atoms with Gasteiger partial charge in [-0.2, -0.15) is 0 Å². The van der Waals surface area contributed by atoms with Crippen LogP contribution in [-0.2, 0) is 16.0 Å².